The number of thioether (sulfide) groups is 1. The second-order valence-corrected chi connectivity index (χ2v) is 10.6. The Kier molecular flexibility index (Phi) is 8.07. The van der Waals surface area contributed by atoms with Gasteiger partial charge in [0, 0.05) is 66.5 Å². The number of hydrogen-bond acceptors (Lipinski definition) is 7. The summed E-state index contributed by atoms with van der Waals surface area (Å²) in [6.07, 6.45) is -5.50. The first-order chi connectivity index (χ1) is 18.6. The second kappa shape index (κ2) is 11.2. The minimum absolute atomic E-state index is 0.0192. The summed E-state index contributed by atoms with van der Waals surface area (Å²) in [5, 5.41) is 2.75. The molecule has 1 N–H and O–H groups in total. The second-order valence-electron chi connectivity index (χ2n) is 9.13. The van der Waals surface area contributed by atoms with Gasteiger partial charge in [0.05, 0.1) is 42.0 Å². The van der Waals surface area contributed by atoms with Crippen molar-refractivity contribution in [2.45, 2.75) is 23.7 Å². The molecular formula is C25H24ClF5N4O3S. The first kappa shape index (κ1) is 28.1. The quantitative estimate of drug-likeness (QED) is 0.256. The van der Waals surface area contributed by atoms with Crippen molar-refractivity contribution < 1.29 is 31.4 Å². The van der Waals surface area contributed by atoms with Gasteiger partial charge in [-0.2, -0.15) is 18.2 Å². The number of benzene rings is 2. The van der Waals surface area contributed by atoms with E-state index >= 15 is 4.39 Å². The summed E-state index contributed by atoms with van der Waals surface area (Å²) in [7, 11) is 1.50. The molecule has 5 rings (SSSR count). The smallest absolute Gasteiger partial charge is 0.382 e. The van der Waals surface area contributed by atoms with E-state index < -0.39 is 51.3 Å². The molecule has 7 nitrogen and oxygen atoms in total. The maximum Gasteiger partial charge on any atom is 0.417 e. The Morgan fingerprint density at radius 3 is 2.59 bits per heavy atom. The molecule has 14 heteroatoms. The van der Waals surface area contributed by atoms with Crippen LogP contribution in [-0.2, 0) is 22.2 Å². The number of aromatic nitrogens is 2. The van der Waals surface area contributed by atoms with Crippen LogP contribution in [0.3, 0.4) is 0 Å². The van der Waals surface area contributed by atoms with Crippen LogP contribution in [0, 0.1) is 11.6 Å². The molecule has 1 fully saturated rings. The molecule has 0 bridgehead atoms. The zero-order valence-corrected chi connectivity index (χ0v) is 22.3. The highest BCUT2D eigenvalue weighted by Gasteiger charge is 2.39. The van der Waals surface area contributed by atoms with Crippen LogP contribution in [0.4, 0.5) is 27.8 Å². The van der Waals surface area contributed by atoms with Gasteiger partial charge < -0.3 is 19.7 Å². The van der Waals surface area contributed by atoms with E-state index in [2.05, 4.69) is 10.3 Å². The lowest BCUT2D eigenvalue weighted by Gasteiger charge is -2.30. The van der Waals surface area contributed by atoms with E-state index in [1.807, 2.05) is 0 Å². The van der Waals surface area contributed by atoms with Crippen molar-refractivity contribution in [1.82, 2.24) is 14.9 Å². The molecule has 2 aliphatic rings. The lowest BCUT2D eigenvalue weighted by molar-refractivity contribution is -0.137. The number of methoxy groups -OCH3 is 1. The van der Waals surface area contributed by atoms with Crippen molar-refractivity contribution in [3.8, 4) is 11.1 Å². The Morgan fingerprint density at radius 2 is 1.90 bits per heavy atom. The van der Waals surface area contributed by atoms with E-state index in [-0.39, 0.29) is 47.1 Å². The van der Waals surface area contributed by atoms with Crippen molar-refractivity contribution >= 4 is 40.1 Å². The van der Waals surface area contributed by atoms with Crippen LogP contribution < -0.4 is 15.9 Å². The highest BCUT2D eigenvalue weighted by Crippen LogP contribution is 2.49. The molecular weight excluding hydrogens is 567 g/mol. The fourth-order valence-corrected chi connectivity index (χ4v) is 6.30. The molecule has 39 heavy (non-hydrogen) atoms. The number of hydrogen-bond donors (Lipinski definition) is 1. The largest absolute Gasteiger partial charge is 0.417 e. The molecule has 0 spiro atoms. The molecule has 2 aromatic carbocycles. The van der Waals surface area contributed by atoms with Crippen molar-refractivity contribution in [2.24, 2.45) is 0 Å². The van der Waals surface area contributed by atoms with Crippen LogP contribution in [0.25, 0.3) is 22.0 Å². The predicted molar refractivity (Wildman–Crippen MR) is 139 cm³/mol. The molecule has 0 unspecified atom stereocenters. The number of piperazine rings is 1. The molecule has 2 aliphatic heterocycles. The van der Waals surface area contributed by atoms with Gasteiger partial charge in [-0.25, -0.2) is 13.6 Å². The first-order valence-corrected chi connectivity index (χ1v) is 13.5. The molecule has 0 radical (unpaired) electrons. The van der Waals surface area contributed by atoms with Crippen LogP contribution >= 0.6 is 23.4 Å². The summed E-state index contributed by atoms with van der Waals surface area (Å²) >= 11 is 6.92. The molecule has 1 saturated heterocycles. The van der Waals surface area contributed by atoms with Crippen molar-refractivity contribution in [3.05, 3.63) is 50.9 Å². The summed E-state index contributed by atoms with van der Waals surface area (Å²) < 4.78 is 85.3. The summed E-state index contributed by atoms with van der Waals surface area (Å²) in [6.45, 7) is 2.49. The maximum atomic E-state index is 15.1. The number of halogens is 6. The molecule has 210 valence electrons. The molecule has 1 aromatic heterocycles. The summed E-state index contributed by atoms with van der Waals surface area (Å²) in [6, 6.07) is 2.20. The van der Waals surface area contributed by atoms with Gasteiger partial charge in [0.15, 0.2) is 0 Å². The lowest BCUT2D eigenvalue weighted by atomic mass is 9.95. The van der Waals surface area contributed by atoms with Gasteiger partial charge in [0.25, 0.3) is 0 Å². The van der Waals surface area contributed by atoms with Gasteiger partial charge in [-0.3, -0.25) is 4.57 Å². The SMILES string of the molecule is COCCO[C@H]1CSc2c(-c3cc(Cl)c(F)cc3F)c(C(F)(F)F)cc3c(N4CCNCC4)nc(=O)n(c23)C1. The Bertz CT molecular complexity index is 1460. The summed E-state index contributed by atoms with van der Waals surface area (Å²) in [4.78, 5) is 19.4. The third kappa shape index (κ3) is 5.47. The molecule has 0 saturated carbocycles. The topological polar surface area (TPSA) is 68.6 Å². The Labute approximate surface area is 229 Å². The van der Waals surface area contributed by atoms with E-state index in [1.54, 1.807) is 4.90 Å². The minimum atomic E-state index is -4.92. The van der Waals surface area contributed by atoms with Gasteiger partial charge in [0.1, 0.15) is 17.5 Å². The zero-order valence-electron chi connectivity index (χ0n) is 20.7. The predicted octanol–water partition coefficient (Wildman–Crippen LogP) is 4.56. The average Bonchev–Trinajstić information content (AvgIpc) is 3.09. The summed E-state index contributed by atoms with van der Waals surface area (Å²) in [5.74, 6) is -2.02. The maximum absolute atomic E-state index is 15.1. The summed E-state index contributed by atoms with van der Waals surface area (Å²) in [5.41, 5.74) is -2.64. The van der Waals surface area contributed by atoms with E-state index in [9.17, 15) is 22.4 Å². The number of nitrogens with zero attached hydrogens (tertiary/aromatic N) is 3. The number of alkyl halides is 3. The van der Waals surface area contributed by atoms with Gasteiger partial charge in [-0.1, -0.05) is 11.6 Å². The number of rotatable bonds is 6. The molecule has 0 amide bonds. The van der Waals surface area contributed by atoms with Gasteiger partial charge in [-0.05, 0) is 12.1 Å². The van der Waals surface area contributed by atoms with E-state index in [0.717, 1.165) is 23.9 Å². The Hall–Kier alpha value is -2.45. The van der Waals surface area contributed by atoms with Crippen molar-refractivity contribution in [3.63, 3.8) is 0 Å². The molecule has 3 heterocycles. The third-order valence-electron chi connectivity index (χ3n) is 6.64. The minimum Gasteiger partial charge on any atom is -0.382 e. The van der Waals surface area contributed by atoms with Crippen LogP contribution in [0.15, 0.2) is 27.9 Å². The van der Waals surface area contributed by atoms with E-state index in [1.165, 1.54) is 11.7 Å². The number of anilines is 1. The standard InChI is InChI=1S/C25H24ClF5N4O3S/c1-37-6-7-38-13-11-35-21-15(23(33-24(35)36)34-4-2-32-3-5-34)8-16(25(29,30)31)20(22(21)39-12-13)14-9-17(26)19(28)10-18(14)27/h8-10,13,32H,2-7,11-12H2,1H3/t13-/m1/s1. The number of nitrogens with one attached hydrogen (secondary N) is 1. The Morgan fingerprint density at radius 1 is 1.15 bits per heavy atom. The van der Waals surface area contributed by atoms with E-state index in [0.29, 0.717) is 32.2 Å². The van der Waals surface area contributed by atoms with Crippen LogP contribution in [0.2, 0.25) is 5.02 Å². The number of ether oxygens (including phenoxy) is 2. The third-order valence-corrected chi connectivity index (χ3v) is 8.15. The van der Waals surface area contributed by atoms with Crippen LogP contribution in [0.1, 0.15) is 5.56 Å². The van der Waals surface area contributed by atoms with E-state index in [4.69, 9.17) is 21.1 Å². The monoisotopic (exact) mass is 590 g/mol. The van der Waals surface area contributed by atoms with Gasteiger partial charge in [0.2, 0.25) is 0 Å². The van der Waals surface area contributed by atoms with Crippen LogP contribution in [-0.4, -0.2) is 67.9 Å². The normalized spacial score (nSPS) is 18.0. The highest BCUT2D eigenvalue weighted by molar-refractivity contribution is 7.99. The zero-order chi connectivity index (χ0) is 27.9. The van der Waals surface area contributed by atoms with Crippen molar-refractivity contribution in [2.75, 3.05) is 57.2 Å². The molecule has 3 aromatic rings. The fourth-order valence-electron chi connectivity index (χ4n) is 4.86. The Balaban J connectivity index is 1.84. The lowest BCUT2D eigenvalue weighted by Crippen LogP contribution is -2.45. The average molecular weight is 591 g/mol. The first-order valence-electron chi connectivity index (χ1n) is 12.1. The van der Waals surface area contributed by atoms with Gasteiger partial charge >= 0.3 is 11.9 Å². The van der Waals surface area contributed by atoms with Crippen LogP contribution in [0.5, 0.6) is 0 Å². The molecule has 0 aliphatic carbocycles. The highest BCUT2D eigenvalue weighted by atomic mass is 35.5. The van der Waals surface area contributed by atoms with Crippen molar-refractivity contribution in [1.29, 1.82) is 0 Å². The fraction of sp³-hybridized carbons (Fsp3) is 0.440. The molecule has 1 atom stereocenters. The van der Waals surface area contributed by atoms with Gasteiger partial charge in [-0.15, -0.1) is 11.8 Å².